The summed E-state index contributed by atoms with van der Waals surface area (Å²) in [6.07, 6.45) is 17.7. The number of fused-ring (bicyclic) bond motifs is 2. The molecular formula is C16H18. The van der Waals surface area contributed by atoms with Gasteiger partial charge in [-0.3, -0.25) is 0 Å². The first kappa shape index (κ1) is 10.9. The molecule has 0 aromatic heterocycles. The maximum atomic E-state index is 2.31. The number of hydrogen-bond acceptors (Lipinski definition) is 0. The lowest BCUT2D eigenvalue weighted by atomic mass is 10.1. The lowest BCUT2D eigenvalue weighted by Gasteiger charge is -2.00. The highest BCUT2D eigenvalue weighted by atomic mass is 14.0. The van der Waals surface area contributed by atoms with Gasteiger partial charge in [0, 0.05) is 0 Å². The summed E-state index contributed by atoms with van der Waals surface area (Å²) in [5, 5.41) is 0. The molecule has 0 aliphatic heterocycles. The molecule has 0 amide bonds. The van der Waals surface area contributed by atoms with Crippen molar-refractivity contribution in [1.82, 2.24) is 0 Å². The molecule has 1 aliphatic carbocycles. The van der Waals surface area contributed by atoms with E-state index in [9.17, 15) is 0 Å². The van der Waals surface area contributed by atoms with Gasteiger partial charge in [-0.2, -0.15) is 0 Å². The highest BCUT2D eigenvalue weighted by Crippen LogP contribution is 2.09. The van der Waals surface area contributed by atoms with E-state index in [0.717, 1.165) is 25.7 Å². The Balaban J connectivity index is 2.16. The minimum Gasteiger partial charge on any atom is -0.0844 e. The SMILES string of the molecule is C1=C\C/C=C\Cc2cccc(c2)C/C=C\C/1. The van der Waals surface area contributed by atoms with Gasteiger partial charge in [-0.1, -0.05) is 60.7 Å². The van der Waals surface area contributed by atoms with Gasteiger partial charge in [-0.15, -0.1) is 0 Å². The zero-order valence-corrected chi connectivity index (χ0v) is 9.60. The lowest BCUT2D eigenvalue weighted by molar-refractivity contribution is 1.19. The van der Waals surface area contributed by atoms with Gasteiger partial charge in [-0.25, -0.2) is 0 Å². The normalized spacial score (nSPS) is 22.2. The predicted octanol–water partition coefficient (Wildman–Crippen LogP) is 4.23. The second kappa shape index (κ2) is 6.12. The predicted molar refractivity (Wildman–Crippen MR) is 70.5 cm³/mol. The van der Waals surface area contributed by atoms with Gasteiger partial charge in [0.25, 0.3) is 0 Å². The molecule has 0 saturated heterocycles. The molecule has 0 radical (unpaired) electrons. The summed E-state index contributed by atoms with van der Waals surface area (Å²) in [5.41, 5.74) is 2.82. The Morgan fingerprint density at radius 1 is 0.625 bits per heavy atom. The number of rotatable bonds is 0. The van der Waals surface area contributed by atoms with Gasteiger partial charge < -0.3 is 0 Å². The first-order valence-corrected chi connectivity index (χ1v) is 5.98. The van der Waals surface area contributed by atoms with Crippen LogP contribution >= 0.6 is 0 Å². The summed E-state index contributed by atoms with van der Waals surface area (Å²) in [6.45, 7) is 0. The van der Waals surface area contributed by atoms with Crippen LogP contribution in [0.25, 0.3) is 0 Å². The quantitative estimate of drug-likeness (QED) is 0.562. The van der Waals surface area contributed by atoms with Crippen LogP contribution in [0, 0.1) is 0 Å². The Kier molecular flexibility index (Phi) is 4.18. The van der Waals surface area contributed by atoms with Gasteiger partial charge >= 0.3 is 0 Å². The second-order valence-electron chi connectivity index (χ2n) is 4.11. The Hall–Kier alpha value is -1.56. The van der Waals surface area contributed by atoms with Crippen molar-refractivity contribution in [3.63, 3.8) is 0 Å². The third-order valence-electron chi connectivity index (χ3n) is 2.74. The van der Waals surface area contributed by atoms with Crippen LogP contribution in [0.4, 0.5) is 0 Å². The molecule has 82 valence electrons. The lowest BCUT2D eigenvalue weighted by Crippen LogP contribution is -1.85. The van der Waals surface area contributed by atoms with Crippen LogP contribution in [0.1, 0.15) is 24.0 Å². The van der Waals surface area contributed by atoms with Gasteiger partial charge in [0.2, 0.25) is 0 Å². The van der Waals surface area contributed by atoms with Crippen LogP contribution in [0.15, 0.2) is 60.7 Å². The third-order valence-corrected chi connectivity index (χ3v) is 2.74. The first-order chi connectivity index (χ1) is 7.95. The smallest absolute Gasteiger partial charge is 0.00972 e. The highest BCUT2D eigenvalue weighted by Gasteiger charge is 1.93. The van der Waals surface area contributed by atoms with Crippen molar-refractivity contribution in [3.05, 3.63) is 71.8 Å². The highest BCUT2D eigenvalue weighted by molar-refractivity contribution is 5.27. The summed E-state index contributed by atoms with van der Waals surface area (Å²) in [4.78, 5) is 0. The van der Waals surface area contributed by atoms with Crippen LogP contribution in [-0.4, -0.2) is 0 Å². The molecule has 0 atom stereocenters. The van der Waals surface area contributed by atoms with E-state index in [1.165, 1.54) is 11.1 Å². The van der Waals surface area contributed by atoms with E-state index in [2.05, 4.69) is 60.7 Å². The molecule has 1 aromatic rings. The Bertz CT molecular complexity index is 373. The Labute approximate surface area is 98.0 Å². The molecule has 0 fully saturated rings. The molecule has 16 heavy (non-hydrogen) atoms. The molecule has 2 bridgehead atoms. The molecule has 1 aliphatic rings. The van der Waals surface area contributed by atoms with Crippen molar-refractivity contribution >= 4 is 0 Å². The molecule has 0 nitrogen and oxygen atoms in total. The van der Waals surface area contributed by atoms with Gasteiger partial charge in [0.1, 0.15) is 0 Å². The first-order valence-electron chi connectivity index (χ1n) is 5.98. The van der Waals surface area contributed by atoms with Crippen molar-refractivity contribution in [3.8, 4) is 0 Å². The van der Waals surface area contributed by atoms with Crippen LogP contribution in [0.2, 0.25) is 0 Å². The third kappa shape index (κ3) is 3.54. The van der Waals surface area contributed by atoms with Gasteiger partial charge in [0.05, 0.1) is 0 Å². The Morgan fingerprint density at radius 3 is 1.69 bits per heavy atom. The summed E-state index contributed by atoms with van der Waals surface area (Å²) >= 11 is 0. The summed E-state index contributed by atoms with van der Waals surface area (Å²) in [7, 11) is 0. The van der Waals surface area contributed by atoms with Gasteiger partial charge in [-0.05, 0) is 36.8 Å². The maximum Gasteiger partial charge on any atom is -0.00972 e. The average molecular weight is 210 g/mol. The monoisotopic (exact) mass is 210 g/mol. The van der Waals surface area contributed by atoms with Crippen molar-refractivity contribution in [2.45, 2.75) is 25.7 Å². The minimum atomic E-state index is 1.05. The topological polar surface area (TPSA) is 0 Å². The molecule has 2 rings (SSSR count). The molecule has 0 spiro atoms. The molecule has 0 unspecified atom stereocenters. The van der Waals surface area contributed by atoms with Gasteiger partial charge in [0.15, 0.2) is 0 Å². The molecule has 0 heteroatoms. The Morgan fingerprint density at radius 2 is 1.12 bits per heavy atom. The largest absolute Gasteiger partial charge is 0.0844 e. The minimum absolute atomic E-state index is 1.05. The summed E-state index contributed by atoms with van der Waals surface area (Å²) in [6, 6.07) is 8.87. The maximum absolute atomic E-state index is 2.31. The van der Waals surface area contributed by atoms with Crippen LogP contribution in [0.3, 0.4) is 0 Å². The van der Waals surface area contributed by atoms with E-state index >= 15 is 0 Å². The average Bonchev–Trinajstić information content (AvgIpc) is 2.32. The molecule has 0 N–H and O–H groups in total. The van der Waals surface area contributed by atoms with E-state index in [-0.39, 0.29) is 0 Å². The van der Waals surface area contributed by atoms with E-state index in [1.807, 2.05) is 0 Å². The molecule has 0 heterocycles. The zero-order valence-electron chi connectivity index (χ0n) is 9.60. The fourth-order valence-corrected chi connectivity index (χ4v) is 1.86. The standard InChI is InChI=1S/C16H18/c1-2-4-6-8-11-16-13-9-12-15(14-16)10-7-5-3-1/h1-2,5-9,12-14H,3-4,10-11H2/b2-1-,7-5-,8-6-. The number of allylic oxidation sites excluding steroid dienone is 6. The zero-order chi connectivity index (χ0) is 11.1. The van der Waals surface area contributed by atoms with Crippen molar-refractivity contribution in [1.29, 1.82) is 0 Å². The summed E-state index contributed by atoms with van der Waals surface area (Å²) < 4.78 is 0. The van der Waals surface area contributed by atoms with Crippen LogP contribution in [-0.2, 0) is 12.8 Å². The number of benzene rings is 1. The van der Waals surface area contributed by atoms with Crippen molar-refractivity contribution in [2.75, 3.05) is 0 Å². The number of hydrogen-bond donors (Lipinski definition) is 0. The van der Waals surface area contributed by atoms with E-state index in [0.29, 0.717) is 0 Å². The van der Waals surface area contributed by atoms with E-state index in [4.69, 9.17) is 0 Å². The van der Waals surface area contributed by atoms with E-state index in [1.54, 1.807) is 0 Å². The summed E-state index contributed by atoms with van der Waals surface area (Å²) in [5.74, 6) is 0. The molecular weight excluding hydrogens is 192 g/mol. The van der Waals surface area contributed by atoms with Crippen LogP contribution < -0.4 is 0 Å². The van der Waals surface area contributed by atoms with Crippen molar-refractivity contribution in [2.24, 2.45) is 0 Å². The molecule has 0 saturated carbocycles. The molecule has 1 aromatic carbocycles. The van der Waals surface area contributed by atoms with Crippen molar-refractivity contribution < 1.29 is 0 Å². The second-order valence-corrected chi connectivity index (χ2v) is 4.11. The van der Waals surface area contributed by atoms with Crippen LogP contribution in [0.5, 0.6) is 0 Å². The fourth-order valence-electron chi connectivity index (χ4n) is 1.86. The van der Waals surface area contributed by atoms with E-state index < -0.39 is 0 Å². The fraction of sp³-hybridized carbons (Fsp3) is 0.250.